The van der Waals surface area contributed by atoms with Crippen molar-refractivity contribution in [3.63, 3.8) is 0 Å². The van der Waals surface area contributed by atoms with Gasteiger partial charge in [-0.1, -0.05) is 25.6 Å². The zero-order chi connectivity index (χ0) is 9.26. The van der Waals surface area contributed by atoms with Crippen molar-refractivity contribution in [2.75, 3.05) is 12.3 Å². The van der Waals surface area contributed by atoms with E-state index in [2.05, 4.69) is 24.2 Å². The predicted molar refractivity (Wildman–Crippen MR) is 59.2 cm³/mol. The molecule has 0 amide bonds. The van der Waals surface area contributed by atoms with Crippen molar-refractivity contribution in [3.05, 3.63) is 0 Å². The van der Waals surface area contributed by atoms with Gasteiger partial charge in [-0.3, -0.25) is 4.99 Å². The molecular formula is C10H18N2S. The van der Waals surface area contributed by atoms with Crippen LogP contribution in [0.15, 0.2) is 4.99 Å². The van der Waals surface area contributed by atoms with Crippen LogP contribution in [0.4, 0.5) is 0 Å². The van der Waals surface area contributed by atoms with Crippen molar-refractivity contribution in [2.45, 2.75) is 32.7 Å². The number of amidine groups is 1. The van der Waals surface area contributed by atoms with Crippen molar-refractivity contribution >= 4 is 16.9 Å². The second-order valence-corrected chi connectivity index (χ2v) is 5.40. The number of thioether (sulfide) groups is 1. The van der Waals surface area contributed by atoms with E-state index in [1.165, 1.54) is 23.8 Å². The maximum Gasteiger partial charge on any atom is 0.156 e. The zero-order valence-corrected chi connectivity index (χ0v) is 9.23. The summed E-state index contributed by atoms with van der Waals surface area (Å²) in [5.74, 6) is 2.83. The molecule has 0 radical (unpaired) electrons. The summed E-state index contributed by atoms with van der Waals surface area (Å²) in [4.78, 5) is 4.59. The Morgan fingerprint density at radius 2 is 2.31 bits per heavy atom. The fraction of sp³-hybridized carbons (Fsp3) is 0.900. The molecule has 1 saturated carbocycles. The largest absolute Gasteiger partial charge is 0.361 e. The molecule has 1 aliphatic heterocycles. The minimum atomic E-state index is 0.642. The van der Waals surface area contributed by atoms with Crippen molar-refractivity contribution in [3.8, 4) is 0 Å². The lowest BCUT2D eigenvalue weighted by molar-refractivity contribution is 0.503. The van der Waals surface area contributed by atoms with Gasteiger partial charge in [0, 0.05) is 18.3 Å². The molecule has 1 saturated heterocycles. The molecular weight excluding hydrogens is 180 g/mol. The first-order valence-electron chi connectivity index (χ1n) is 5.19. The number of rotatable bonds is 3. The van der Waals surface area contributed by atoms with Crippen LogP contribution in [0, 0.1) is 11.8 Å². The van der Waals surface area contributed by atoms with Crippen LogP contribution in [-0.2, 0) is 0 Å². The first kappa shape index (κ1) is 9.38. The highest BCUT2D eigenvalue weighted by Crippen LogP contribution is 2.29. The Hall–Kier alpha value is -0.180. The minimum absolute atomic E-state index is 0.642. The average Bonchev–Trinajstić information content (AvgIpc) is 2.79. The van der Waals surface area contributed by atoms with Crippen LogP contribution < -0.4 is 5.32 Å². The van der Waals surface area contributed by atoms with Gasteiger partial charge in [0.25, 0.3) is 0 Å². The molecule has 3 heteroatoms. The molecule has 0 aromatic rings. The number of hydrogen-bond acceptors (Lipinski definition) is 2. The van der Waals surface area contributed by atoms with Crippen LogP contribution >= 0.6 is 11.8 Å². The van der Waals surface area contributed by atoms with Crippen molar-refractivity contribution in [2.24, 2.45) is 16.8 Å². The number of hydrogen-bond donors (Lipinski definition) is 1. The van der Waals surface area contributed by atoms with Gasteiger partial charge in [-0.2, -0.15) is 0 Å². The lowest BCUT2D eigenvalue weighted by Crippen LogP contribution is -2.31. The Morgan fingerprint density at radius 3 is 2.85 bits per heavy atom. The first-order chi connectivity index (χ1) is 6.25. The highest BCUT2D eigenvalue weighted by Gasteiger charge is 2.24. The van der Waals surface area contributed by atoms with Crippen LogP contribution in [0.3, 0.4) is 0 Å². The smallest absolute Gasteiger partial charge is 0.156 e. The molecule has 0 bridgehead atoms. The molecule has 0 spiro atoms. The van der Waals surface area contributed by atoms with E-state index in [0.717, 1.165) is 18.4 Å². The monoisotopic (exact) mass is 198 g/mol. The quantitative estimate of drug-likeness (QED) is 0.751. The molecule has 13 heavy (non-hydrogen) atoms. The van der Waals surface area contributed by atoms with Crippen molar-refractivity contribution < 1.29 is 0 Å². The first-order valence-corrected chi connectivity index (χ1v) is 6.18. The second kappa shape index (κ2) is 3.91. The van der Waals surface area contributed by atoms with E-state index in [1.807, 2.05) is 11.8 Å². The van der Waals surface area contributed by atoms with Crippen LogP contribution in [-0.4, -0.2) is 23.5 Å². The summed E-state index contributed by atoms with van der Waals surface area (Å²) in [5.41, 5.74) is 0. The fourth-order valence-corrected chi connectivity index (χ4v) is 2.58. The molecule has 1 aliphatic carbocycles. The molecule has 1 N–H and O–H groups in total. The maximum atomic E-state index is 4.59. The summed E-state index contributed by atoms with van der Waals surface area (Å²) < 4.78 is 0. The molecule has 1 atom stereocenters. The highest BCUT2D eigenvalue weighted by molar-refractivity contribution is 8.14. The van der Waals surface area contributed by atoms with Gasteiger partial charge in [-0.05, 0) is 24.7 Å². The second-order valence-electron chi connectivity index (χ2n) is 4.40. The normalized spacial score (nSPS) is 31.3. The minimum Gasteiger partial charge on any atom is -0.361 e. The van der Waals surface area contributed by atoms with Gasteiger partial charge >= 0.3 is 0 Å². The summed E-state index contributed by atoms with van der Waals surface area (Å²) in [6, 6.07) is 0.642. The Kier molecular flexibility index (Phi) is 2.82. The number of nitrogens with zero attached hydrogens (tertiary/aromatic N) is 1. The molecule has 2 nitrogen and oxygen atoms in total. The summed E-state index contributed by atoms with van der Waals surface area (Å²) >= 11 is 1.89. The molecule has 0 unspecified atom stereocenters. The van der Waals surface area contributed by atoms with Gasteiger partial charge < -0.3 is 5.32 Å². The van der Waals surface area contributed by atoms with E-state index in [9.17, 15) is 0 Å². The van der Waals surface area contributed by atoms with Crippen LogP contribution in [0.1, 0.15) is 26.7 Å². The molecule has 2 fully saturated rings. The van der Waals surface area contributed by atoms with Gasteiger partial charge in [-0.15, -0.1) is 0 Å². The summed E-state index contributed by atoms with van der Waals surface area (Å²) in [5, 5.41) is 4.67. The van der Waals surface area contributed by atoms with Crippen LogP contribution in [0.25, 0.3) is 0 Å². The maximum absolute atomic E-state index is 4.59. The van der Waals surface area contributed by atoms with Gasteiger partial charge in [-0.25, -0.2) is 0 Å². The number of nitrogens with one attached hydrogen (secondary N) is 1. The van der Waals surface area contributed by atoms with E-state index in [4.69, 9.17) is 0 Å². The van der Waals surface area contributed by atoms with E-state index in [0.29, 0.717) is 6.04 Å². The standard InChI is InChI=1S/C10H18N2S/c1-7(2)9-6-13-10(12-9)11-5-8-3-4-8/h7-9H,3-6H2,1-2H3,(H,11,12)/t9-/m1/s1. The Bertz CT molecular complexity index is 209. The van der Waals surface area contributed by atoms with Gasteiger partial charge in [0.1, 0.15) is 0 Å². The summed E-state index contributed by atoms with van der Waals surface area (Å²) in [6.07, 6.45) is 2.80. The molecule has 2 rings (SSSR count). The van der Waals surface area contributed by atoms with Gasteiger partial charge in [0.15, 0.2) is 5.17 Å². The Labute approximate surface area is 84.6 Å². The van der Waals surface area contributed by atoms with Crippen LogP contribution in [0.5, 0.6) is 0 Å². The molecule has 0 aromatic carbocycles. The van der Waals surface area contributed by atoms with Crippen molar-refractivity contribution in [1.29, 1.82) is 0 Å². The lowest BCUT2D eigenvalue weighted by atomic mass is 10.1. The molecule has 74 valence electrons. The van der Waals surface area contributed by atoms with E-state index >= 15 is 0 Å². The summed E-state index contributed by atoms with van der Waals surface area (Å²) in [6.45, 7) is 5.59. The SMILES string of the molecule is CC(C)[C@H]1CSC(=NCC2CC2)N1. The van der Waals surface area contributed by atoms with Crippen LogP contribution in [0.2, 0.25) is 0 Å². The van der Waals surface area contributed by atoms with Crippen molar-refractivity contribution in [1.82, 2.24) is 5.32 Å². The van der Waals surface area contributed by atoms with Gasteiger partial charge in [0.2, 0.25) is 0 Å². The topological polar surface area (TPSA) is 24.4 Å². The zero-order valence-electron chi connectivity index (χ0n) is 8.42. The average molecular weight is 198 g/mol. The van der Waals surface area contributed by atoms with E-state index in [1.54, 1.807) is 0 Å². The van der Waals surface area contributed by atoms with E-state index in [-0.39, 0.29) is 0 Å². The van der Waals surface area contributed by atoms with Gasteiger partial charge in [0.05, 0.1) is 0 Å². The predicted octanol–water partition coefficient (Wildman–Crippen LogP) is 2.11. The third kappa shape index (κ3) is 2.63. The highest BCUT2D eigenvalue weighted by atomic mass is 32.2. The molecule has 0 aromatic heterocycles. The fourth-order valence-electron chi connectivity index (χ4n) is 1.37. The Morgan fingerprint density at radius 1 is 1.54 bits per heavy atom. The molecule has 2 aliphatic rings. The third-order valence-corrected chi connectivity index (χ3v) is 3.75. The van der Waals surface area contributed by atoms with E-state index < -0.39 is 0 Å². The molecule has 1 heterocycles. The Balaban J connectivity index is 1.78. The number of aliphatic imine (C=N–C) groups is 1. The summed E-state index contributed by atoms with van der Waals surface area (Å²) in [7, 11) is 0. The lowest BCUT2D eigenvalue weighted by Gasteiger charge is -2.12. The third-order valence-electron chi connectivity index (χ3n) is 2.70.